The average molecular weight is 209 g/mol. The van der Waals surface area contributed by atoms with Crippen molar-refractivity contribution in [1.29, 1.82) is 0 Å². The monoisotopic (exact) mass is 209 g/mol. The average Bonchev–Trinajstić information content (AvgIpc) is 2.63. The van der Waals surface area contributed by atoms with Gasteiger partial charge in [-0.1, -0.05) is 7.43 Å². The normalized spacial score (nSPS) is 13.8. The minimum Gasteiger partial charge on any atom is -0.357 e. The van der Waals surface area contributed by atoms with Crippen LogP contribution in [-0.4, -0.2) is 10.4 Å². The summed E-state index contributed by atoms with van der Waals surface area (Å²) in [5.41, 5.74) is 0.0584. The van der Waals surface area contributed by atoms with Crippen molar-refractivity contribution in [2.75, 3.05) is 0 Å². The Hall–Kier alpha value is -1.38. The predicted molar refractivity (Wildman–Crippen MR) is 61.9 cm³/mol. The van der Waals surface area contributed by atoms with Gasteiger partial charge >= 0.3 is 0 Å². The largest absolute Gasteiger partial charge is 0.357 e. The Morgan fingerprint density at radius 3 is 1.80 bits per heavy atom. The molecule has 1 fully saturated rings. The van der Waals surface area contributed by atoms with E-state index >= 15 is 0 Å². The van der Waals surface area contributed by atoms with E-state index in [0.29, 0.717) is 5.78 Å². The summed E-state index contributed by atoms with van der Waals surface area (Å²) in [4.78, 5) is 20.7. The van der Waals surface area contributed by atoms with Crippen molar-refractivity contribution in [2.45, 2.75) is 33.1 Å². The van der Waals surface area contributed by atoms with Gasteiger partial charge in [0.05, 0.1) is 0 Å². The Morgan fingerprint density at radius 2 is 1.53 bits per heavy atom. The van der Waals surface area contributed by atoms with Crippen LogP contribution in [-0.2, 0) is 11.8 Å². The van der Waals surface area contributed by atoms with Crippen LogP contribution in [0.15, 0.2) is 29.3 Å². The lowest BCUT2D eigenvalue weighted by Gasteiger charge is -1.89. The van der Waals surface area contributed by atoms with E-state index in [1.54, 1.807) is 12.4 Å². The third-order valence-corrected chi connectivity index (χ3v) is 2.11. The van der Waals surface area contributed by atoms with E-state index in [4.69, 9.17) is 0 Å². The van der Waals surface area contributed by atoms with Crippen molar-refractivity contribution in [1.82, 2.24) is 4.57 Å². The lowest BCUT2D eigenvalue weighted by Crippen LogP contribution is -1.98. The molecule has 0 saturated heterocycles. The molecule has 0 spiro atoms. The van der Waals surface area contributed by atoms with Gasteiger partial charge in [-0.25, -0.2) is 0 Å². The molecule has 0 amide bonds. The maximum atomic E-state index is 10.4. The Balaban J connectivity index is 0.000000253. The molecular formula is C12H19NO2. The number of hydrogen-bond donors (Lipinski definition) is 0. The van der Waals surface area contributed by atoms with Crippen LogP contribution < -0.4 is 5.43 Å². The molecule has 3 heteroatoms. The molecule has 0 radical (unpaired) electrons. The van der Waals surface area contributed by atoms with Crippen molar-refractivity contribution in [2.24, 2.45) is 7.05 Å². The first-order valence-corrected chi connectivity index (χ1v) is 4.82. The number of Topliss-reactive ketones (excluding diaryl/α,β-unsaturated/α-hetero) is 1. The van der Waals surface area contributed by atoms with Gasteiger partial charge in [0.1, 0.15) is 5.78 Å². The first kappa shape index (κ1) is 13.6. The Morgan fingerprint density at radius 1 is 1.07 bits per heavy atom. The number of aryl methyl sites for hydroxylation is 1. The van der Waals surface area contributed by atoms with E-state index < -0.39 is 0 Å². The van der Waals surface area contributed by atoms with Gasteiger partial charge < -0.3 is 4.57 Å². The van der Waals surface area contributed by atoms with E-state index in [1.165, 1.54) is 12.1 Å². The Bertz CT molecular complexity index is 326. The van der Waals surface area contributed by atoms with E-state index in [-0.39, 0.29) is 12.9 Å². The topological polar surface area (TPSA) is 39.1 Å². The Kier molecular flexibility index (Phi) is 6.34. The molecule has 1 aromatic rings. The second-order valence-electron chi connectivity index (χ2n) is 3.45. The lowest BCUT2D eigenvalue weighted by molar-refractivity contribution is -0.117. The summed E-state index contributed by atoms with van der Waals surface area (Å²) in [5.74, 6) is 0.454. The van der Waals surface area contributed by atoms with Crippen LogP contribution in [0.1, 0.15) is 33.1 Å². The van der Waals surface area contributed by atoms with Crippen LogP contribution in [0.2, 0.25) is 0 Å². The maximum Gasteiger partial charge on any atom is 0.181 e. The van der Waals surface area contributed by atoms with Crippen LogP contribution in [0.4, 0.5) is 0 Å². The summed E-state index contributed by atoms with van der Waals surface area (Å²) >= 11 is 0. The van der Waals surface area contributed by atoms with Gasteiger partial charge in [-0.05, 0) is 12.8 Å². The number of pyridine rings is 1. The molecule has 0 atom stereocenters. The number of nitrogens with zero attached hydrogens (tertiary/aromatic N) is 1. The minimum absolute atomic E-state index is 0. The molecule has 1 heterocycles. The molecule has 1 aliphatic carbocycles. The van der Waals surface area contributed by atoms with Crippen molar-refractivity contribution >= 4 is 5.78 Å². The number of hydrogen-bond acceptors (Lipinski definition) is 2. The van der Waals surface area contributed by atoms with Gasteiger partial charge in [-0.15, -0.1) is 0 Å². The number of rotatable bonds is 0. The molecule has 3 nitrogen and oxygen atoms in total. The fourth-order valence-corrected chi connectivity index (χ4v) is 1.26. The molecule has 0 aromatic carbocycles. The SMILES string of the molecule is C.Cn1ccc(=O)cc1.O=C1CCCC1. The number of ketones is 1. The van der Waals surface area contributed by atoms with Gasteiger partial charge in [0.15, 0.2) is 5.43 Å². The summed E-state index contributed by atoms with van der Waals surface area (Å²) in [6, 6.07) is 3.06. The van der Waals surface area contributed by atoms with Crippen molar-refractivity contribution in [3.8, 4) is 0 Å². The highest BCUT2D eigenvalue weighted by Crippen LogP contribution is 2.11. The zero-order chi connectivity index (χ0) is 10.4. The summed E-state index contributed by atoms with van der Waals surface area (Å²) in [6.45, 7) is 0. The molecule has 0 unspecified atom stereocenters. The van der Waals surface area contributed by atoms with Crippen LogP contribution >= 0.6 is 0 Å². The first-order chi connectivity index (χ1) is 6.68. The molecule has 84 valence electrons. The quantitative estimate of drug-likeness (QED) is 0.656. The fourth-order valence-electron chi connectivity index (χ4n) is 1.26. The van der Waals surface area contributed by atoms with Gasteiger partial charge in [0, 0.05) is 44.4 Å². The fraction of sp³-hybridized carbons (Fsp3) is 0.500. The molecule has 2 rings (SSSR count). The van der Waals surface area contributed by atoms with Crippen LogP contribution in [0.25, 0.3) is 0 Å². The van der Waals surface area contributed by atoms with Gasteiger partial charge in [0.25, 0.3) is 0 Å². The van der Waals surface area contributed by atoms with E-state index in [9.17, 15) is 9.59 Å². The smallest absolute Gasteiger partial charge is 0.181 e. The van der Waals surface area contributed by atoms with E-state index in [1.807, 2.05) is 11.6 Å². The molecule has 15 heavy (non-hydrogen) atoms. The highest BCUT2D eigenvalue weighted by atomic mass is 16.1. The maximum absolute atomic E-state index is 10.4. The molecule has 1 saturated carbocycles. The molecule has 0 N–H and O–H groups in total. The standard InChI is InChI=1S/C6H7NO.C5H8O.CH4/c1-7-4-2-6(8)3-5-7;6-5-3-1-2-4-5;/h2-5H,1H3;1-4H2;1H4. The first-order valence-electron chi connectivity index (χ1n) is 4.82. The lowest BCUT2D eigenvalue weighted by atomic mass is 10.4. The summed E-state index contributed by atoms with van der Waals surface area (Å²) < 4.78 is 1.82. The number of carbonyl (C=O) groups excluding carboxylic acids is 1. The number of carbonyl (C=O) groups is 1. The zero-order valence-corrected chi connectivity index (χ0v) is 8.40. The summed E-state index contributed by atoms with van der Waals surface area (Å²) in [7, 11) is 1.87. The highest BCUT2D eigenvalue weighted by Gasteiger charge is 2.07. The van der Waals surface area contributed by atoms with Crippen LogP contribution in [0.5, 0.6) is 0 Å². The zero-order valence-electron chi connectivity index (χ0n) is 8.40. The minimum atomic E-state index is 0. The van der Waals surface area contributed by atoms with Crippen LogP contribution in [0.3, 0.4) is 0 Å². The van der Waals surface area contributed by atoms with Gasteiger partial charge in [-0.3, -0.25) is 9.59 Å². The van der Waals surface area contributed by atoms with Gasteiger partial charge in [-0.2, -0.15) is 0 Å². The molecular weight excluding hydrogens is 190 g/mol. The number of aromatic nitrogens is 1. The Labute approximate surface area is 90.7 Å². The van der Waals surface area contributed by atoms with Crippen molar-refractivity contribution in [3.05, 3.63) is 34.7 Å². The molecule has 0 aliphatic heterocycles. The summed E-state index contributed by atoms with van der Waals surface area (Å²) in [5, 5.41) is 0. The second kappa shape index (κ2) is 6.98. The highest BCUT2D eigenvalue weighted by molar-refractivity contribution is 5.79. The van der Waals surface area contributed by atoms with Gasteiger partial charge in [0.2, 0.25) is 0 Å². The predicted octanol–water partition coefficient (Wildman–Crippen LogP) is 2.15. The second-order valence-corrected chi connectivity index (χ2v) is 3.45. The van der Waals surface area contributed by atoms with E-state index in [2.05, 4.69) is 0 Å². The third-order valence-electron chi connectivity index (χ3n) is 2.11. The summed E-state index contributed by atoms with van der Waals surface area (Å²) in [6.07, 6.45) is 7.42. The van der Waals surface area contributed by atoms with Crippen molar-refractivity contribution < 1.29 is 4.79 Å². The molecule has 1 aliphatic rings. The third kappa shape index (κ3) is 5.83. The van der Waals surface area contributed by atoms with E-state index in [0.717, 1.165) is 25.7 Å². The van der Waals surface area contributed by atoms with Crippen LogP contribution in [0, 0.1) is 0 Å². The molecule has 0 bridgehead atoms. The van der Waals surface area contributed by atoms with Crippen molar-refractivity contribution in [3.63, 3.8) is 0 Å². The molecule has 1 aromatic heterocycles.